The van der Waals surface area contributed by atoms with Crippen molar-refractivity contribution in [1.29, 1.82) is 0 Å². The number of amides is 2. The van der Waals surface area contributed by atoms with Crippen LogP contribution in [-0.2, 0) is 28.9 Å². The van der Waals surface area contributed by atoms with Crippen LogP contribution in [0.4, 0.5) is 5.00 Å². The van der Waals surface area contributed by atoms with E-state index >= 15 is 0 Å². The van der Waals surface area contributed by atoms with E-state index in [0.29, 0.717) is 49.3 Å². The van der Waals surface area contributed by atoms with Crippen molar-refractivity contribution in [3.05, 3.63) is 74.9 Å². The fourth-order valence-electron chi connectivity index (χ4n) is 4.94. The molecule has 0 fully saturated rings. The molecule has 5 rings (SSSR count). The number of carbonyl (C=O) groups excluding carboxylic acids is 3. The van der Waals surface area contributed by atoms with Gasteiger partial charge >= 0.3 is 5.97 Å². The number of halogens is 1. The fourth-order valence-corrected chi connectivity index (χ4v) is 7.29. The van der Waals surface area contributed by atoms with Gasteiger partial charge in [0.05, 0.1) is 43.9 Å². The number of hydrogen-bond acceptors (Lipinski definition) is 10. The largest absolute Gasteiger partial charge is 0.493 e. The Kier molecular flexibility index (Phi) is 10.3. The third-order valence-corrected chi connectivity index (χ3v) is 9.59. The highest BCUT2D eigenvalue weighted by molar-refractivity contribution is 8.00. The fraction of sp³-hybridized carbons (Fsp3) is 0.323. The number of benzene rings is 2. The first-order valence-electron chi connectivity index (χ1n) is 14.2. The zero-order valence-electron chi connectivity index (χ0n) is 25.1. The van der Waals surface area contributed by atoms with Gasteiger partial charge in [0, 0.05) is 15.5 Å². The third kappa shape index (κ3) is 7.10. The number of thioether (sulfide) groups is 1. The van der Waals surface area contributed by atoms with E-state index in [1.54, 1.807) is 54.8 Å². The van der Waals surface area contributed by atoms with Crippen LogP contribution in [0.5, 0.6) is 11.5 Å². The number of fused-ring (bicyclic) bond motifs is 1. The van der Waals surface area contributed by atoms with Gasteiger partial charge in [0.2, 0.25) is 5.91 Å². The molecule has 2 aromatic heterocycles. The predicted octanol–water partition coefficient (Wildman–Crippen LogP) is 5.71. The number of rotatable bonds is 12. The molecule has 0 radical (unpaired) electrons. The number of hydrogen-bond donors (Lipinski definition) is 2. The average molecular weight is 670 g/mol. The van der Waals surface area contributed by atoms with E-state index in [2.05, 4.69) is 20.8 Å². The molecule has 1 aliphatic carbocycles. The van der Waals surface area contributed by atoms with E-state index in [4.69, 9.17) is 25.8 Å². The minimum absolute atomic E-state index is 0.0392. The molecule has 1 unspecified atom stereocenters. The topological polar surface area (TPSA) is 134 Å². The van der Waals surface area contributed by atoms with Gasteiger partial charge in [-0.15, -0.1) is 21.5 Å². The van der Waals surface area contributed by atoms with Crippen LogP contribution < -0.4 is 20.1 Å². The molecular formula is C31H32ClN5O6S2. The number of nitrogens with zero attached hydrogens (tertiary/aromatic N) is 3. The van der Waals surface area contributed by atoms with Gasteiger partial charge in [0.15, 0.2) is 22.5 Å². The zero-order valence-corrected chi connectivity index (χ0v) is 27.5. The van der Waals surface area contributed by atoms with Crippen LogP contribution in [-0.4, -0.2) is 58.6 Å². The first-order valence-corrected chi connectivity index (χ1v) is 16.3. The van der Waals surface area contributed by atoms with Gasteiger partial charge in [-0.2, -0.15) is 0 Å². The Hall–Kier alpha value is -4.07. The summed E-state index contributed by atoms with van der Waals surface area (Å²) in [5.41, 5.74) is 2.46. The Morgan fingerprint density at radius 2 is 1.89 bits per heavy atom. The Morgan fingerprint density at radius 3 is 2.62 bits per heavy atom. The quantitative estimate of drug-likeness (QED) is 0.144. The smallest absolute Gasteiger partial charge is 0.341 e. The van der Waals surface area contributed by atoms with Crippen molar-refractivity contribution in [2.75, 3.05) is 26.1 Å². The van der Waals surface area contributed by atoms with Gasteiger partial charge in [-0.3, -0.25) is 14.2 Å². The molecule has 236 valence electrons. The molecule has 2 heterocycles. The lowest BCUT2D eigenvalue weighted by Crippen LogP contribution is -2.25. The van der Waals surface area contributed by atoms with Crippen molar-refractivity contribution in [1.82, 2.24) is 20.1 Å². The van der Waals surface area contributed by atoms with Crippen LogP contribution in [0.3, 0.4) is 0 Å². The number of anilines is 1. The van der Waals surface area contributed by atoms with E-state index in [1.807, 2.05) is 6.07 Å². The van der Waals surface area contributed by atoms with Crippen molar-refractivity contribution in [2.45, 2.75) is 50.1 Å². The van der Waals surface area contributed by atoms with Crippen molar-refractivity contribution in [3.8, 4) is 17.2 Å². The molecule has 0 bridgehead atoms. The van der Waals surface area contributed by atoms with Crippen LogP contribution in [0.1, 0.15) is 57.2 Å². The SMILES string of the molecule is CCOC(=O)c1c(NC(=O)C(C)Sc2nnc(CNC(=O)c3ccc(OC)c(OC)c3)n2-c2cccc(Cl)c2)sc2c1CCC2. The second kappa shape index (κ2) is 14.4. The molecule has 11 nitrogen and oxygen atoms in total. The maximum atomic E-state index is 13.4. The van der Waals surface area contributed by atoms with E-state index < -0.39 is 11.2 Å². The molecule has 45 heavy (non-hydrogen) atoms. The van der Waals surface area contributed by atoms with E-state index in [1.165, 1.54) is 37.3 Å². The lowest BCUT2D eigenvalue weighted by atomic mass is 10.1. The lowest BCUT2D eigenvalue weighted by Gasteiger charge is -2.15. The van der Waals surface area contributed by atoms with Crippen LogP contribution in [0.25, 0.3) is 5.69 Å². The van der Waals surface area contributed by atoms with Crippen molar-refractivity contribution in [3.63, 3.8) is 0 Å². The highest BCUT2D eigenvalue weighted by Crippen LogP contribution is 2.40. The summed E-state index contributed by atoms with van der Waals surface area (Å²) in [6, 6.07) is 12.0. The van der Waals surface area contributed by atoms with E-state index in [-0.39, 0.29) is 25.0 Å². The molecule has 2 N–H and O–H groups in total. The number of aromatic nitrogens is 3. The summed E-state index contributed by atoms with van der Waals surface area (Å²) in [5, 5.41) is 15.3. The molecule has 14 heteroatoms. The van der Waals surface area contributed by atoms with Crippen molar-refractivity contribution >= 4 is 57.5 Å². The van der Waals surface area contributed by atoms with Crippen LogP contribution >= 0.6 is 34.7 Å². The van der Waals surface area contributed by atoms with Gasteiger partial charge in [-0.1, -0.05) is 29.4 Å². The van der Waals surface area contributed by atoms with Crippen LogP contribution in [0.2, 0.25) is 5.02 Å². The monoisotopic (exact) mass is 669 g/mol. The van der Waals surface area contributed by atoms with Crippen LogP contribution in [0.15, 0.2) is 47.6 Å². The second-order valence-electron chi connectivity index (χ2n) is 10.00. The molecule has 2 aromatic carbocycles. The first-order chi connectivity index (χ1) is 21.7. The Labute approximate surface area is 273 Å². The molecule has 2 amide bonds. The summed E-state index contributed by atoms with van der Waals surface area (Å²) >= 11 is 8.94. The maximum Gasteiger partial charge on any atom is 0.341 e. The molecule has 0 saturated carbocycles. The molecule has 4 aromatic rings. The molecule has 1 aliphatic rings. The van der Waals surface area contributed by atoms with E-state index in [0.717, 1.165) is 29.7 Å². The van der Waals surface area contributed by atoms with Gasteiger partial charge in [-0.05, 0) is 75.1 Å². The highest BCUT2D eigenvalue weighted by Gasteiger charge is 2.30. The summed E-state index contributed by atoms with van der Waals surface area (Å²) in [7, 11) is 3.02. The number of nitrogens with one attached hydrogen (secondary N) is 2. The van der Waals surface area contributed by atoms with Crippen molar-refractivity contribution < 1.29 is 28.6 Å². The number of ether oxygens (including phenoxy) is 3. The Bertz CT molecular complexity index is 1740. The first kappa shape index (κ1) is 32.3. The van der Waals surface area contributed by atoms with E-state index in [9.17, 15) is 14.4 Å². The zero-order chi connectivity index (χ0) is 32.1. The number of methoxy groups -OCH3 is 2. The highest BCUT2D eigenvalue weighted by atomic mass is 35.5. The predicted molar refractivity (Wildman–Crippen MR) is 173 cm³/mol. The van der Waals surface area contributed by atoms with Gasteiger partial charge in [0.25, 0.3) is 5.91 Å². The maximum absolute atomic E-state index is 13.4. The molecule has 0 spiro atoms. The number of carbonyl (C=O) groups is 3. The summed E-state index contributed by atoms with van der Waals surface area (Å²) in [5.74, 6) is 0.302. The molecular weight excluding hydrogens is 638 g/mol. The summed E-state index contributed by atoms with van der Waals surface area (Å²) in [4.78, 5) is 40.3. The molecule has 1 atom stereocenters. The Balaban J connectivity index is 1.36. The van der Waals surface area contributed by atoms with Crippen molar-refractivity contribution in [2.24, 2.45) is 0 Å². The Morgan fingerprint density at radius 1 is 1.09 bits per heavy atom. The normalized spacial score (nSPS) is 12.7. The summed E-state index contributed by atoms with van der Waals surface area (Å²) in [6.45, 7) is 3.80. The third-order valence-electron chi connectivity index (χ3n) is 7.11. The molecule has 0 aliphatic heterocycles. The average Bonchev–Trinajstić information content (AvgIpc) is 3.74. The summed E-state index contributed by atoms with van der Waals surface area (Å²) < 4.78 is 17.6. The number of thiophene rings is 1. The standard InChI is InChI=1S/C31H32ClN5O6S2/c1-5-43-30(40)26-21-10-7-11-24(21)45-29(26)34-27(38)17(2)44-31-36-35-25(37(31)20-9-6-8-19(32)15-20)16-33-28(39)18-12-13-22(41-3)23(14-18)42-4/h6,8-9,12-15,17H,5,7,10-11,16H2,1-4H3,(H,33,39)(H,34,38). The second-order valence-corrected chi connectivity index (χ2v) is 12.8. The molecule has 0 saturated heterocycles. The number of aryl methyl sites for hydroxylation is 1. The van der Waals surface area contributed by atoms with Gasteiger partial charge in [-0.25, -0.2) is 4.79 Å². The minimum atomic E-state index is -0.617. The number of esters is 1. The van der Waals surface area contributed by atoms with Crippen LogP contribution in [0, 0.1) is 0 Å². The minimum Gasteiger partial charge on any atom is -0.493 e. The lowest BCUT2D eigenvalue weighted by molar-refractivity contribution is -0.115. The van der Waals surface area contributed by atoms with Gasteiger partial charge in [0.1, 0.15) is 5.00 Å². The van der Waals surface area contributed by atoms with Gasteiger partial charge < -0.3 is 24.8 Å². The summed E-state index contributed by atoms with van der Waals surface area (Å²) in [6.07, 6.45) is 2.64.